The number of thiophene rings is 1. The van der Waals surface area contributed by atoms with Gasteiger partial charge in [-0.3, -0.25) is 0 Å². The van der Waals surface area contributed by atoms with E-state index in [4.69, 9.17) is 9.31 Å². The van der Waals surface area contributed by atoms with E-state index in [9.17, 15) is 0 Å². The van der Waals surface area contributed by atoms with Crippen LogP contribution in [0.15, 0.2) is 107 Å². The summed E-state index contributed by atoms with van der Waals surface area (Å²) in [6.07, 6.45) is 2.40. The number of nitrogens with zero attached hydrogens (tertiary/aromatic N) is 1. The molecule has 1 atom stereocenters. The van der Waals surface area contributed by atoms with Crippen molar-refractivity contribution in [1.82, 2.24) is 4.57 Å². The zero-order chi connectivity index (χ0) is 29.2. The molecular weight excluding hydrogens is 565 g/mol. The van der Waals surface area contributed by atoms with Gasteiger partial charge in [0.15, 0.2) is 0 Å². The molecule has 0 bridgehead atoms. The molecule has 3 nitrogen and oxygen atoms in total. The van der Waals surface area contributed by atoms with E-state index < -0.39 is 18.3 Å². The molecular formula is C37H32BNO2S2. The van der Waals surface area contributed by atoms with Crippen LogP contribution >= 0.6 is 22.2 Å². The highest BCUT2D eigenvalue weighted by molar-refractivity contribution is 8.17. The monoisotopic (exact) mass is 597 g/mol. The first-order valence-corrected chi connectivity index (χ1v) is 17.5. The average Bonchev–Trinajstić information content (AvgIpc) is 3.69. The summed E-state index contributed by atoms with van der Waals surface area (Å²) in [6.45, 7) is 8.55. The van der Waals surface area contributed by atoms with Gasteiger partial charge < -0.3 is 13.9 Å². The molecule has 0 spiro atoms. The maximum atomic E-state index is 6.75. The molecule has 6 heteroatoms. The van der Waals surface area contributed by atoms with E-state index >= 15 is 0 Å². The van der Waals surface area contributed by atoms with Crippen molar-refractivity contribution in [3.05, 3.63) is 97.1 Å². The Morgan fingerprint density at radius 1 is 0.698 bits per heavy atom. The van der Waals surface area contributed by atoms with Crippen LogP contribution in [0.2, 0.25) is 0 Å². The predicted octanol–water partition coefficient (Wildman–Crippen LogP) is 9.48. The summed E-state index contributed by atoms with van der Waals surface area (Å²) in [5, 5.41) is 5.16. The van der Waals surface area contributed by atoms with Gasteiger partial charge in [0, 0.05) is 47.7 Å². The van der Waals surface area contributed by atoms with Crippen molar-refractivity contribution in [3.63, 3.8) is 0 Å². The van der Waals surface area contributed by atoms with Crippen LogP contribution < -0.4 is 5.46 Å². The smallest absolute Gasteiger partial charge is 0.399 e. The quantitative estimate of drug-likeness (QED) is 0.159. The van der Waals surface area contributed by atoms with Crippen molar-refractivity contribution >= 4 is 76.8 Å². The minimum Gasteiger partial charge on any atom is -0.399 e. The fourth-order valence-corrected chi connectivity index (χ4v) is 10.3. The molecule has 1 saturated heterocycles. The summed E-state index contributed by atoms with van der Waals surface area (Å²) < 4.78 is 18.5. The van der Waals surface area contributed by atoms with Crippen molar-refractivity contribution in [3.8, 4) is 16.8 Å². The van der Waals surface area contributed by atoms with Crippen molar-refractivity contribution in [2.75, 3.05) is 6.26 Å². The van der Waals surface area contributed by atoms with Gasteiger partial charge in [0.2, 0.25) is 0 Å². The molecule has 1 fully saturated rings. The molecule has 2 aromatic heterocycles. The molecule has 1 unspecified atom stereocenters. The Morgan fingerprint density at radius 3 is 2.02 bits per heavy atom. The Morgan fingerprint density at radius 2 is 1.33 bits per heavy atom. The van der Waals surface area contributed by atoms with Gasteiger partial charge in [0.05, 0.1) is 22.2 Å². The highest BCUT2D eigenvalue weighted by atomic mass is 32.2. The number of rotatable bonds is 2. The van der Waals surface area contributed by atoms with Crippen molar-refractivity contribution < 1.29 is 9.31 Å². The summed E-state index contributed by atoms with van der Waals surface area (Å²) >= 11 is 1.87. The van der Waals surface area contributed by atoms with Crippen LogP contribution in [0.25, 0.3) is 58.8 Å². The minimum atomic E-state index is -0.461. The average molecular weight is 598 g/mol. The number of hydrogen-bond donors (Lipinski definition) is 1. The topological polar surface area (TPSA) is 23.4 Å². The summed E-state index contributed by atoms with van der Waals surface area (Å²) in [7, 11) is -0.850. The minimum absolute atomic E-state index is 0.389. The highest BCUT2D eigenvalue weighted by Gasteiger charge is 2.52. The molecule has 0 saturated carbocycles. The third-order valence-electron chi connectivity index (χ3n) is 9.97. The molecule has 4 heterocycles. The normalized spacial score (nSPS) is 19.6. The van der Waals surface area contributed by atoms with Gasteiger partial charge in [-0.1, -0.05) is 54.6 Å². The Labute approximate surface area is 258 Å². The van der Waals surface area contributed by atoms with Crippen LogP contribution in [0.4, 0.5) is 0 Å². The highest BCUT2D eigenvalue weighted by Crippen LogP contribution is 2.59. The summed E-state index contributed by atoms with van der Waals surface area (Å²) in [5.74, 6) is 0. The summed E-state index contributed by atoms with van der Waals surface area (Å²) in [6, 6.07) is 35.9. The van der Waals surface area contributed by atoms with Crippen molar-refractivity contribution in [2.45, 2.75) is 48.7 Å². The van der Waals surface area contributed by atoms with E-state index in [1.54, 1.807) is 0 Å². The molecule has 0 N–H and O–H groups in total. The lowest BCUT2D eigenvalue weighted by atomic mass is 9.78. The van der Waals surface area contributed by atoms with Gasteiger partial charge in [-0.15, -0.1) is 11.3 Å². The van der Waals surface area contributed by atoms with E-state index in [0.29, 0.717) is 0 Å². The Kier molecular flexibility index (Phi) is 5.28. The van der Waals surface area contributed by atoms with Crippen LogP contribution in [0.5, 0.6) is 0 Å². The van der Waals surface area contributed by atoms with Crippen LogP contribution in [-0.2, 0) is 9.31 Å². The second-order valence-corrected chi connectivity index (χ2v) is 16.0. The number of hydrogen-bond acceptors (Lipinski definition) is 3. The Balaban J connectivity index is 1.42. The molecule has 2 aliphatic heterocycles. The number of para-hydroxylation sites is 2. The first kappa shape index (κ1) is 25.9. The molecule has 9 rings (SSSR count). The molecule has 43 heavy (non-hydrogen) atoms. The molecule has 2 aliphatic rings. The fraction of sp³-hybridized carbons (Fsp3) is 0.189. The van der Waals surface area contributed by atoms with Gasteiger partial charge in [-0.2, -0.15) is 0 Å². The first-order chi connectivity index (χ1) is 20.7. The third kappa shape index (κ3) is 3.46. The summed E-state index contributed by atoms with van der Waals surface area (Å²) in [4.78, 5) is 2.95. The second kappa shape index (κ2) is 8.76. The van der Waals surface area contributed by atoms with Crippen LogP contribution in [-0.4, -0.2) is 29.1 Å². The largest absolute Gasteiger partial charge is 0.496 e. The maximum Gasteiger partial charge on any atom is 0.496 e. The van der Waals surface area contributed by atoms with Gasteiger partial charge in [-0.05, 0) is 91.8 Å². The van der Waals surface area contributed by atoms with Crippen molar-refractivity contribution in [1.29, 1.82) is 0 Å². The third-order valence-corrected chi connectivity index (χ3v) is 13.4. The predicted molar refractivity (Wildman–Crippen MR) is 186 cm³/mol. The van der Waals surface area contributed by atoms with E-state index in [0.717, 1.165) is 11.2 Å². The fourth-order valence-electron chi connectivity index (χ4n) is 7.10. The standard InChI is InChI=1S/C37H32BNO2S2/c1-36(2)37(3,4)41-38(40-36)27-21-22(39-28-15-9-6-12-23(28)24-13-7-10-16-29(24)39)20-26-33-30(42-35(26)27)18-19-32-34(33)25-14-8-11-17-31(25)43(32)5/h6-21,43H,1-5H3. The number of benzene rings is 5. The first-order valence-electron chi connectivity index (χ1n) is 14.9. The molecule has 0 amide bonds. The van der Waals surface area contributed by atoms with E-state index in [1.807, 2.05) is 11.3 Å². The van der Waals surface area contributed by atoms with Gasteiger partial charge >= 0.3 is 7.12 Å². The van der Waals surface area contributed by atoms with Gasteiger partial charge in [0.25, 0.3) is 0 Å². The molecule has 212 valence electrons. The van der Waals surface area contributed by atoms with Gasteiger partial charge in [0.1, 0.15) is 0 Å². The number of fused-ring (bicyclic) bond motifs is 10. The molecule has 0 radical (unpaired) electrons. The number of aromatic nitrogens is 1. The second-order valence-electron chi connectivity index (χ2n) is 12.9. The van der Waals surface area contributed by atoms with Crippen LogP contribution in [0.1, 0.15) is 27.7 Å². The van der Waals surface area contributed by atoms with E-state index in [1.165, 1.54) is 62.9 Å². The lowest BCUT2D eigenvalue weighted by Gasteiger charge is -2.32. The lowest BCUT2D eigenvalue weighted by Crippen LogP contribution is -2.41. The zero-order valence-electron chi connectivity index (χ0n) is 24.9. The van der Waals surface area contributed by atoms with Gasteiger partial charge in [-0.25, -0.2) is 10.9 Å². The van der Waals surface area contributed by atoms with Crippen LogP contribution in [0, 0.1) is 0 Å². The lowest BCUT2D eigenvalue weighted by molar-refractivity contribution is 0.00578. The summed E-state index contributed by atoms with van der Waals surface area (Å²) in [5.41, 5.74) is 6.59. The Hall–Kier alpha value is -3.55. The molecule has 5 aromatic carbocycles. The van der Waals surface area contributed by atoms with Crippen molar-refractivity contribution in [2.24, 2.45) is 0 Å². The zero-order valence-corrected chi connectivity index (χ0v) is 26.6. The van der Waals surface area contributed by atoms with E-state index in [2.05, 4.69) is 136 Å². The maximum absolute atomic E-state index is 6.75. The number of thiol groups is 1. The van der Waals surface area contributed by atoms with Crippen LogP contribution in [0.3, 0.4) is 0 Å². The Bertz CT molecular complexity index is 2230. The molecule has 7 aromatic rings. The SMILES string of the molecule is C[SH]1c2ccccc2-c2c1ccc1sc3c(B4OC(C)(C)C(C)(C)O4)cc(-n4c5ccccc5c5ccccc54)cc3c21. The van der Waals surface area contributed by atoms with E-state index in [-0.39, 0.29) is 10.9 Å². The molecule has 0 aliphatic carbocycles.